The van der Waals surface area contributed by atoms with Crippen molar-refractivity contribution in [1.82, 2.24) is 0 Å². The van der Waals surface area contributed by atoms with Crippen LogP contribution in [-0.2, 0) is 20.7 Å². The van der Waals surface area contributed by atoms with Crippen LogP contribution in [0.2, 0.25) is 5.02 Å². The van der Waals surface area contributed by atoms with Crippen molar-refractivity contribution in [2.45, 2.75) is 11.3 Å². The number of para-hydroxylation sites is 1. The van der Waals surface area contributed by atoms with Crippen molar-refractivity contribution in [3.63, 3.8) is 0 Å². The molecule has 2 aromatic rings. The third-order valence-corrected chi connectivity index (χ3v) is 4.05. The number of thioether (sulfide) groups is 1. The number of benzene rings is 2. The molecule has 0 aliphatic heterocycles. The number of hydrogen-bond acceptors (Lipinski definition) is 4. The molecule has 2 aromatic carbocycles. The molecule has 0 aromatic heterocycles. The van der Waals surface area contributed by atoms with Gasteiger partial charge in [0, 0.05) is 9.92 Å². The number of anilines is 1. The minimum absolute atomic E-state index is 0.103. The highest BCUT2D eigenvalue weighted by molar-refractivity contribution is 7.98. The number of nitrogens with one attached hydrogen (secondary N) is 1. The molecule has 0 bridgehead atoms. The van der Waals surface area contributed by atoms with Gasteiger partial charge in [0.25, 0.3) is 5.91 Å². The second kappa shape index (κ2) is 8.60. The van der Waals surface area contributed by atoms with E-state index < -0.39 is 5.97 Å². The van der Waals surface area contributed by atoms with Crippen LogP contribution in [0.25, 0.3) is 0 Å². The number of ether oxygens (including phenoxy) is 1. The highest BCUT2D eigenvalue weighted by Gasteiger charge is 2.10. The highest BCUT2D eigenvalue weighted by atomic mass is 35.5. The van der Waals surface area contributed by atoms with Crippen molar-refractivity contribution in [3.8, 4) is 0 Å². The van der Waals surface area contributed by atoms with Crippen molar-refractivity contribution in [2.24, 2.45) is 0 Å². The summed E-state index contributed by atoms with van der Waals surface area (Å²) in [6.07, 6.45) is 2.03. The Labute approximate surface area is 144 Å². The zero-order valence-electron chi connectivity index (χ0n) is 12.5. The molecular weight excluding hydrogens is 334 g/mol. The summed E-state index contributed by atoms with van der Waals surface area (Å²) >= 11 is 7.31. The van der Waals surface area contributed by atoms with Gasteiger partial charge in [-0.15, -0.1) is 11.8 Å². The average Bonchev–Trinajstić information content (AvgIpc) is 2.55. The lowest BCUT2D eigenvalue weighted by atomic mass is 10.1. The van der Waals surface area contributed by atoms with Crippen LogP contribution in [0.3, 0.4) is 0 Å². The molecule has 0 saturated carbocycles. The average molecular weight is 350 g/mol. The van der Waals surface area contributed by atoms with Gasteiger partial charge in [-0.2, -0.15) is 0 Å². The lowest BCUT2D eigenvalue weighted by Gasteiger charge is -2.09. The molecule has 120 valence electrons. The van der Waals surface area contributed by atoms with Crippen LogP contribution in [0.5, 0.6) is 0 Å². The Hall–Kier alpha value is -1.98. The SMILES string of the molecule is CSc1ccccc1NC(=O)COC(=O)Cc1ccc(Cl)cc1. The summed E-state index contributed by atoms with van der Waals surface area (Å²) in [6, 6.07) is 14.4. The maximum atomic E-state index is 11.9. The first-order valence-electron chi connectivity index (χ1n) is 6.91. The van der Waals surface area contributed by atoms with Crippen LogP contribution in [0.1, 0.15) is 5.56 Å². The third kappa shape index (κ3) is 5.62. The minimum atomic E-state index is -0.458. The fraction of sp³-hybridized carbons (Fsp3) is 0.176. The summed E-state index contributed by atoms with van der Waals surface area (Å²) in [5, 5.41) is 3.34. The smallest absolute Gasteiger partial charge is 0.310 e. The summed E-state index contributed by atoms with van der Waals surface area (Å²) in [4.78, 5) is 24.6. The standard InChI is InChI=1S/C17H16ClNO3S/c1-23-15-5-3-2-4-14(15)19-16(20)11-22-17(21)10-12-6-8-13(18)9-7-12/h2-9H,10-11H2,1H3,(H,19,20). The van der Waals surface area contributed by atoms with Gasteiger partial charge < -0.3 is 10.1 Å². The molecule has 23 heavy (non-hydrogen) atoms. The summed E-state index contributed by atoms with van der Waals surface area (Å²) < 4.78 is 4.99. The summed E-state index contributed by atoms with van der Waals surface area (Å²) in [6.45, 7) is -0.310. The van der Waals surface area contributed by atoms with Crippen LogP contribution in [0, 0.1) is 0 Å². The normalized spacial score (nSPS) is 10.2. The van der Waals surface area contributed by atoms with E-state index in [1.165, 1.54) is 11.8 Å². The maximum absolute atomic E-state index is 11.9. The maximum Gasteiger partial charge on any atom is 0.310 e. The zero-order chi connectivity index (χ0) is 16.7. The molecule has 0 saturated heterocycles. The molecular formula is C17H16ClNO3S. The van der Waals surface area contributed by atoms with E-state index in [4.69, 9.17) is 16.3 Å². The van der Waals surface area contributed by atoms with Gasteiger partial charge in [-0.3, -0.25) is 9.59 Å². The molecule has 6 heteroatoms. The van der Waals surface area contributed by atoms with E-state index in [1.54, 1.807) is 30.3 Å². The summed E-state index contributed by atoms with van der Waals surface area (Å²) in [5.74, 6) is -0.823. The van der Waals surface area contributed by atoms with Crippen molar-refractivity contribution in [2.75, 3.05) is 18.2 Å². The Kier molecular flexibility index (Phi) is 6.50. The Morgan fingerprint density at radius 3 is 2.52 bits per heavy atom. The van der Waals surface area contributed by atoms with E-state index in [2.05, 4.69) is 5.32 Å². The second-order valence-electron chi connectivity index (χ2n) is 4.71. The fourth-order valence-corrected chi connectivity index (χ4v) is 2.58. The van der Waals surface area contributed by atoms with Gasteiger partial charge in [0.1, 0.15) is 0 Å². The number of amides is 1. The first kappa shape index (κ1) is 17.4. The van der Waals surface area contributed by atoms with Crippen LogP contribution in [0.15, 0.2) is 53.4 Å². The van der Waals surface area contributed by atoms with Gasteiger partial charge in [0.2, 0.25) is 0 Å². The van der Waals surface area contributed by atoms with Crippen LogP contribution in [-0.4, -0.2) is 24.7 Å². The first-order chi connectivity index (χ1) is 11.1. The van der Waals surface area contributed by atoms with E-state index in [1.807, 2.05) is 24.5 Å². The monoisotopic (exact) mass is 349 g/mol. The van der Waals surface area contributed by atoms with Gasteiger partial charge in [-0.25, -0.2) is 0 Å². The molecule has 0 fully saturated rings. The number of carbonyl (C=O) groups is 2. The summed E-state index contributed by atoms with van der Waals surface area (Å²) in [5.41, 5.74) is 1.49. The van der Waals surface area contributed by atoms with Crippen molar-refractivity contribution in [1.29, 1.82) is 0 Å². The van der Waals surface area contributed by atoms with Gasteiger partial charge in [-0.05, 0) is 36.1 Å². The Balaban J connectivity index is 1.82. The van der Waals surface area contributed by atoms with Crippen LogP contribution in [0.4, 0.5) is 5.69 Å². The summed E-state index contributed by atoms with van der Waals surface area (Å²) in [7, 11) is 0. The van der Waals surface area contributed by atoms with Crippen molar-refractivity contribution < 1.29 is 14.3 Å². The number of carbonyl (C=O) groups excluding carboxylic acids is 2. The molecule has 0 aliphatic rings. The predicted octanol–water partition coefficient (Wildman–Crippen LogP) is 3.79. The largest absolute Gasteiger partial charge is 0.455 e. The second-order valence-corrected chi connectivity index (χ2v) is 6.00. The Morgan fingerprint density at radius 1 is 1.13 bits per heavy atom. The van der Waals surface area contributed by atoms with E-state index in [-0.39, 0.29) is 18.9 Å². The van der Waals surface area contributed by atoms with E-state index in [9.17, 15) is 9.59 Å². The number of esters is 1. The topological polar surface area (TPSA) is 55.4 Å². The van der Waals surface area contributed by atoms with Crippen LogP contribution < -0.4 is 5.32 Å². The molecule has 0 unspecified atom stereocenters. The third-order valence-electron chi connectivity index (χ3n) is 3.01. The molecule has 0 atom stereocenters. The zero-order valence-corrected chi connectivity index (χ0v) is 14.1. The van der Waals surface area contributed by atoms with Gasteiger partial charge in [-0.1, -0.05) is 35.9 Å². The molecule has 0 heterocycles. The lowest BCUT2D eigenvalue weighted by molar-refractivity contribution is -0.146. The Morgan fingerprint density at radius 2 is 1.83 bits per heavy atom. The molecule has 0 spiro atoms. The Bertz CT molecular complexity index is 688. The van der Waals surface area contributed by atoms with Crippen LogP contribution >= 0.6 is 23.4 Å². The van der Waals surface area contributed by atoms with E-state index in [0.29, 0.717) is 10.7 Å². The quantitative estimate of drug-likeness (QED) is 0.637. The molecule has 2 rings (SSSR count). The molecule has 1 amide bonds. The van der Waals surface area contributed by atoms with E-state index in [0.717, 1.165) is 10.5 Å². The first-order valence-corrected chi connectivity index (χ1v) is 8.51. The fourth-order valence-electron chi connectivity index (χ4n) is 1.90. The molecule has 0 aliphatic carbocycles. The molecule has 4 nitrogen and oxygen atoms in total. The predicted molar refractivity (Wildman–Crippen MR) is 93.0 cm³/mol. The molecule has 1 N–H and O–H groups in total. The minimum Gasteiger partial charge on any atom is -0.455 e. The van der Waals surface area contributed by atoms with E-state index >= 15 is 0 Å². The van der Waals surface area contributed by atoms with Gasteiger partial charge in [0.05, 0.1) is 12.1 Å². The van der Waals surface area contributed by atoms with Gasteiger partial charge in [0.15, 0.2) is 6.61 Å². The number of halogens is 1. The van der Waals surface area contributed by atoms with Crippen molar-refractivity contribution >= 4 is 40.9 Å². The highest BCUT2D eigenvalue weighted by Crippen LogP contribution is 2.24. The number of hydrogen-bond donors (Lipinski definition) is 1. The van der Waals surface area contributed by atoms with Crippen molar-refractivity contribution in [3.05, 3.63) is 59.1 Å². The van der Waals surface area contributed by atoms with Gasteiger partial charge >= 0.3 is 5.97 Å². The number of rotatable bonds is 6. The molecule has 0 radical (unpaired) electrons. The lowest BCUT2D eigenvalue weighted by Crippen LogP contribution is -2.21.